The number of aromatic nitrogens is 1. The summed E-state index contributed by atoms with van der Waals surface area (Å²) >= 11 is 0. The Morgan fingerprint density at radius 2 is 2.12 bits per heavy atom. The quantitative estimate of drug-likeness (QED) is 0.623. The van der Waals surface area contributed by atoms with Crippen LogP contribution in [0, 0.1) is 0 Å². The minimum Gasteiger partial charge on any atom is -0.361 e. The minimum absolute atomic E-state index is 0.0507. The summed E-state index contributed by atoms with van der Waals surface area (Å²) in [6.07, 6.45) is 3.83. The molecule has 0 spiro atoms. The lowest BCUT2D eigenvalue weighted by molar-refractivity contribution is -0.116. The first-order chi connectivity index (χ1) is 7.84. The molecule has 0 aliphatic carbocycles. The Balaban J connectivity index is 2.10. The van der Waals surface area contributed by atoms with Crippen molar-refractivity contribution in [1.82, 2.24) is 15.8 Å². The predicted molar refractivity (Wildman–Crippen MR) is 62.4 cm³/mol. The van der Waals surface area contributed by atoms with Crippen LogP contribution in [-0.4, -0.2) is 17.4 Å². The number of aromatic amines is 1. The molecule has 1 aromatic heterocycles. The maximum absolute atomic E-state index is 11.4. The third-order valence-electron chi connectivity index (χ3n) is 2.72. The van der Waals surface area contributed by atoms with Gasteiger partial charge in [0.05, 0.1) is 0 Å². The van der Waals surface area contributed by atoms with Gasteiger partial charge in [-0.2, -0.15) is 0 Å². The number of carbonyl (C=O) groups excluding carboxylic acids is 1. The van der Waals surface area contributed by atoms with E-state index in [1.165, 1.54) is 0 Å². The number of H-pyrrole nitrogens is 1. The lowest BCUT2D eigenvalue weighted by Crippen LogP contribution is -2.25. The molecule has 2 heterocycles. The zero-order valence-corrected chi connectivity index (χ0v) is 8.58. The SMILES string of the molecule is O=C1NNCC1=Cc1c[nH]c2ccccc12. The molecule has 80 valence electrons. The first-order valence-corrected chi connectivity index (χ1v) is 5.14. The summed E-state index contributed by atoms with van der Waals surface area (Å²) in [7, 11) is 0. The highest BCUT2D eigenvalue weighted by Gasteiger charge is 2.15. The summed E-state index contributed by atoms with van der Waals surface area (Å²) in [6, 6.07) is 8.04. The molecule has 1 aromatic carbocycles. The molecule has 3 N–H and O–H groups in total. The molecule has 1 saturated heterocycles. The molecule has 16 heavy (non-hydrogen) atoms. The summed E-state index contributed by atoms with van der Waals surface area (Å²) < 4.78 is 0. The van der Waals surface area contributed by atoms with Crippen LogP contribution < -0.4 is 10.9 Å². The molecule has 4 nitrogen and oxygen atoms in total. The van der Waals surface area contributed by atoms with Gasteiger partial charge in [0, 0.05) is 34.8 Å². The van der Waals surface area contributed by atoms with Crippen LogP contribution in [0.4, 0.5) is 0 Å². The van der Waals surface area contributed by atoms with Crippen LogP contribution >= 0.6 is 0 Å². The number of hydrogen-bond acceptors (Lipinski definition) is 2. The first-order valence-electron chi connectivity index (χ1n) is 5.14. The third-order valence-corrected chi connectivity index (χ3v) is 2.72. The van der Waals surface area contributed by atoms with E-state index in [0.717, 1.165) is 22.0 Å². The van der Waals surface area contributed by atoms with Crippen molar-refractivity contribution in [2.45, 2.75) is 0 Å². The standard InChI is InChI=1S/C12H11N3O/c16-12-9(7-14-15-12)5-8-6-13-11-4-2-1-3-10(8)11/h1-6,13-14H,7H2,(H,15,16). The van der Waals surface area contributed by atoms with E-state index in [9.17, 15) is 4.79 Å². The first kappa shape index (κ1) is 9.18. The van der Waals surface area contributed by atoms with Crippen molar-refractivity contribution >= 4 is 22.9 Å². The average Bonchev–Trinajstić information content (AvgIpc) is 2.88. The number of nitrogens with one attached hydrogen (secondary N) is 3. The van der Waals surface area contributed by atoms with Crippen LogP contribution in [0.1, 0.15) is 5.56 Å². The second-order valence-electron chi connectivity index (χ2n) is 3.77. The summed E-state index contributed by atoms with van der Waals surface area (Å²) in [6.45, 7) is 0.568. The maximum atomic E-state index is 11.4. The van der Waals surface area contributed by atoms with Crippen LogP contribution in [0.15, 0.2) is 36.0 Å². The molecule has 2 aromatic rings. The lowest BCUT2D eigenvalue weighted by Gasteiger charge is -1.93. The van der Waals surface area contributed by atoms with Crippen molar-refractivity contribution < 1.29 is 4.79 Å². The second kappa shape index (κ2) is 3.50. The zero-order chi connectivity index (χ0) is 11.0. The highest BCUT2D eigenvalue weighted by atomic mass is 16.2. The number of benzene rings is 1. The van der Waals surface area contributed by atoms with Crippen LogP contribution in [0.5, 0.6) is 0 Å². The Bertz CT molecular complexity index is 583. The van der Waals surface area contributed by atoms with Gasteiger partial charge >= 0.3 is 0 Å². The van der Waals surface area contributed by atoms with Crippen LogP contribution in [0.2, 0.25) is 0 Å². The van der Waals surface area contributed by atoms with Gasteiger partial charge in [-0.3, -0.25) is 10.2 Å². The normalized spacial score (nSPS) is 18.2. The Morgan fingerprint density at radius 3 is 2.94 bits per heavy atom. The van der Waals surface area contributed by atoms with Gasteiger partial charge in [0.25, 0.3) is 5.91 Å². The fourth-order valence-corrected chi connectivity index (χ4v) is 1.90. The minimum atomic E-state index is -0.0507. The van der Waals surface area contributed by atoms with E-state index in [1.807, 2.05) is 36.5 Å². The molecular formula is C12H11N3O. The number of rotatable bonds is 1. The Hall–Kier alpha value is -2.07. The molecule has 0 saturated carbocycles. The number of amides is 1. The summed E-state index contributed by atoms with van der Waals surface area (Å²) in [5, 5.41) is 1.13. The molecular weight excluding hydrogens is 202 g/mol. The van der Waals surface area contributed by atoms with E-state index < -0.39 is 0 Å². The molecule has 4 heteroatoms. The van der Waals surface area contributed by atoms with E-state index in [0.29, 0.717) is 6.54 Å². The van der Waals surface area contributed by atoms with Crippen LogP contribution in [0.3, 0.4) is 0 Å². The highest BCUT2D eigenvalue weighted by molar-refractivity contribution is 6.02. The van der Waals surface area contributed by atoms with E-state index in [2.05, 4.69) is 15.8 Å². The number of hydrogen-bond donors (Lipinski definition) is 3. The Morgan fingerprint density at radius 1 is 1.25 bits per heavy atom. The Kier molecular flexibility index (Phi) is 2.01. The van der Waals surface area contributed by atoms with E-state index in [1.54, 1.807) is 0 Å². The molecule has 0 unspecified atom stereocenters. The maximum Gasteiger partial charge on any atom is 0.262 e. The van der Waals surface area contributed by atoms with Gasteiger partial charge in [-0.15, -0.1) is 0 Å². The lowest BCUT2D eigenvalue weighted by atomic mass is 10.1. The molecule has 1 amide bonds. The smallest absolute Gasteiger partial charge is 0.262 e. The van der Waals surface area contributed by atoms with Gasteiger partial charge in [0.1, 0.15) is 0 Å². The monoisotopic (exact) mass is 213 g/mol. The van der Waals surface area contributed by atoms with E-state index in [-0.39, 0.29) is 5.91 Å². The summed E-state index contributed by atoms with van der Waals surface area (Å²) in [5.41, 5.74) is 8.25. The molecule has 1 aliphatic rings. The fraction of sp³-hybridized carbons (Fsp3) is 0.0833. The van der Waals surface area contributed by atoms with Gasteiger partial charge in [-0.05, 0) is 12.1 Å². The Labute approximate surface area is 92.3 Å². The van der Waals surface area contributed by atoms with Gasteiger partial charge in [-0.1, -0.05) is 18.2 Å². The fourth-order valence-electron chi connectivity index (χ4n) is 1.90. The van der Waals surface area contributed by atoms with Crippen molar-refractivity contribution in [2.75, 3.05) is 6.54 Å². The molecule has 1 aliphatic heterocycles. The van der Waals surface area contributed by atoms with Crippen molar-refractivity contribution in [1.29, 1.82) is 0 Å². The molecule has 1 fully saturated rings. The van der Waals surface area contributed by atoms with E-state index in [4.69, 9.17) is 0 Å². The molecule has 0 radical (unpaired) electrons. The average molecular weight is 213 g/mol. The van der Waals surface area contributed by atoms with Crippen molar-refractivity contribution in [3.8, 4) is 0 Å². The summed E-state index contributed by atoms with van der Waals surface area (Å²) in [4.78, 5) is 14.6. The summed E-state index contributed by atoms with van der Waals surface area (Å²) in [5.74, 6) is -0.0507. The number of hydrazine groups is 1. The van der Waals surface area contributed by atoms with Gasteiger partial charge in [-0.25, -0.2) is 5.43 Å². The van der Waals surface area contributed by atoms with Gasteiger partial charge < -0.3 is 4.98 Å². The molecule has 0 bridgehead atoms. The van der Waals surface area contributed by atoms with Crippen molar-refractivity contribution in [2.24, 2.45) is 0 Å². The van der Waals surface area contributed by atoms with Crippen LogP contribution in [0.25, 0.3) is 17.0 Å². The van der Waals surface area contributed by atoms with Crippen molar-refractivity contribution in [3.05, 3.63) is 41.6 Å². The predicted octanol–water partition coefficient (Wildman–Crippen LogP) is 1.19. The molecule has 0 atom stereocenters. The number of carbonyl (C=O) groups is 1. The number of fused-ring (bicyclic) bond motifs is 1. The van der Waals surface area contributed by atoms with Crippen LogP contribution in [-0.2, 0) is 4.79 Å². The zero-order valence-electron chi connectivity index (χ0n) is 8.58. The highest BCUT2D eigenvalue weighted by Crippen LogP contribution is 2.20. The van der Waals surface area contributed by atoms with Gasteiger partial charge in [0.2, 0.25) is 0 Å². The largest absolute Gasteiger partial charge is 0.361 e. The number of para-hydroxylation sites is 1. The van der Waals surface area contributed by atoms with Gasteiger partial charge in [0.15, 0.2) is 0 Å². The van der Waals surface area contributed by atoms with Crippen molar-refractivity contribution in [3.63, 3.8) is 0 Å². The second-order valence-corrected chi connectivity index (χ2v) is 3.77. The third kappa shape index (κ3) is 1.40. The van der Waals surface area contributed by atoms with E-state index >= 15 is 0 Å². The topological polar surface area (TPSA) is 56.9 Å². The molecule has 3 rings (SSSR count).